The first-order chi connectivity index (χ1) is 7.23. The van der Waals surface area contributed by atoms with E-state index in [1.54, 1.807) is 0 Å². The molecule has 0 aromatic heterocycles. The molecule has 0 saturated heterocycles. The fourth-order valence-corrected chi connectivity index (χ4v) is 1.64. The summed E-state index contributed by atoms with van der Waals surface area (Å²) < 4.78 is 0. The highest BCUT2D eigenvalue weighted by molar-refractivity contribution is 5.58. The van der Waals surface area contributed by atoms with Gasteiger partial charge in [-0.15, -0.1) is 0 Å². The van der Waals surface area contributed by atoms with Gasteiger partial charge in [0.15, 0.2) is 0 Å². The minimum atomic E-state index is 0.193. The molecule has 0 unspecified atom stereocenters. The van der Waals surface area contributed by atoms with Gasteiger partial charge in [0.05, 0.1) is 0 Å². The fraction of sp³-hybridized carbons (Fsp3) is 0.467. The molecule has 0 aliphatic rings. The molecule has 1 rings (SSSR count). The summed E-state index contributed by atoms with van der Waals surface area (Å²) in [6, 6.07) is 6.67. The Bertz CT molecular complexity index is 396. The van der Waals surface area contributed by atoms with Crippen LogP contribution in [0.25, 0.3) is 0 Å². The highest BCUT2D eigenvalue weighted by Gasteiger charge is 2.15. The van der Waals surface area contributed by atoms with Crippen LogP contribution in [0, 0.1) is 6.92 Å². The number of rotatable bonds is 2. The van der Waals surface area contributed by atoms with Crippen LogP contribution in [0.5, 0.6) is 0 Å². The number of hydrogen-bond donors (Lipinski definition) is 0. The van der Waals surface area contributed by atoms with Crippen molar-refractivity contribution in [2.24, 2.45) is 0 Å². The summed E-state index contributed by atoms with van der Waals surface area (Å²) in [6.45, 7) is 14.9. The summed E-state index contributed by atoms with van der Waals surface area (Å²) in [4.78, 5) is 2.14. The zero-order valence-electron chi connectivity index (χ0n) is 11.4. The number of aryl methyl sites for hydroxylation is 1. The molecule has 0 saturated carbocycles. The monoisotopic (exact) mass is 217 g/mol. The van der Waals surface area contributed by atoms with Crippen molar-refractivity contribution in [1.29, 1.82) is 0 Å². The smallest absolute Gasteiger partial charge is 0.0438 e. The Kier molecular flexibility index (Phi) is 3.47. The Hall–Kier alpha value is -1.24. The second-order valence-electron chi connectivity index (χ2n) is 5.55. The zero-order chi connectivity index (χ0) is 12.5. The molecule has 88 valence electrons. The van der Waals surface area contributed by atoms with Crippen molar-refractivity contribution < 1.29 is 0 Å². The van der Waals surface area contributed by atoms with Gasteiger partial charge < -0.3 is 4.90 Å². The largest absolute Gasteiger partial charge is 0.349 e. The van der Waals surface area contributed by atoms with E-state index < -0.39 is 0 Å². The van der Waals surface area contributed by atoms with E-state index in [0.29, 0.717) is 0 Å². The maximum atomic E-state index is 3.99. The quantitative estimate of drug-likeness (QED) is 0.715. The van der Waals surface area contributed by atoms with Gasteiger partial charge in [0, 0.05) is 18.4 Å². The van der Waals surface area contributed by atoms with Crippen molar-refractivity contribution in [2.75, 3.05) is 11.9 Å². The van der Waals surface area contributed by atoms with Gasteiger partial charge in [0.1, 0.15) is 0 Å². The molecular formula is C15H23N. The molecular weight excluding hydrogens is 194 g/mol. The highest BCUT2D eigenvalue weighted by Crippen LogP contribution is 2.29. The predicted octanol–water partition coefficient (Wildman–Crippen LogP) is 4.26. The molecule has 1 nitrogen and oxygen atoms in total. The van der Waals surface area contributed by atoms with Crippen LogP contribution in [0.3, 0.4) is 0 Å². The second-order valence-corrected chi connectivity index (χ2v) is 5.55. The normalized spacial score (nSPS) is 11.4. The van der Waals surface area contributed by atoms with Crippen LogP contribution < -0.4 is 4.90 Å². The van der Waals surface area contributed by atoms with Crippen molar-refractivity contribution in [2.45, 2.75) is 40.0 Å². The van der Waals surface area contributed by atoms with E-state index in [4.69, 9.17) is 0 Å². The number of benzene rings is 1. The number of hydrogen-bond acceptors (Lipinski definition) is 1. The molecule has 0 amide bonds. The van der Waals surface area contributed by atoms with Crippen molar-refractivity contribution in [3.05, 3.63) is 41.6 Å². The molecule has 0 radical (unpaired) electrons. The van der Waals surface area contributed by atoms with Crippen LogP contribution in [-0.2, 0) is 5.41 Å². The second kappa shape index (κ2) is 4.32. The van der Waals surface area contributed by atoms with Gasteiger partial charge in [0.25, 0.3) is 0 Å². The molecule has 0 fully saturated rings. The van der Waals surface area contributed by atoms with E-state index >= 15 is 0 Å². The van der Waals surface area contributed by atoms with E-state index in [-0.39, 0.29) is 5.41 Å². The summed E-state index contributed by atoms with van der Waals surface area (Å²) in [5, 5.41) is 0. The maximum Gasteiger partial charge on any atom is 0.0438 e. The summed E-state index contributed by atoms with van der Waals surface area (Å²) in [5.74, 6) is 0. The standard InChI is InChI=1S/C15H23N/c1-11(2)16(7)14-10-13(15(4,5)6)9-8-12(14)3/h8-10H,1H2,2-7H3. The molecule has 1 heteroatoms. The summed E-state index contributed by atoms with van der Waals surface area (Å²) in [5.41, 5.74) is 5.16. The van der Waals surface area contributed by atoms with Gasteiger partial charge in [-0.1, -0.05) is 39.5 Å². The van der Waals surface area contributed by atoms with E-state index in [1.807, 2.05) is 6.92 Å². The topological polar surface area (TPSA) is 3.24 Å². The highest BCUT2D eigenvalue weighted by atomic mass is 15.1. The first kappa shape index (κ1) is 12.8. The lowest BCUT2D eigenvalue weighted by Gasteiger charge is -2.26. The van der Waals surface area contributed by atoms with E-state index in [2.05, 4.69) is 64.4 Å². The van der Waals surface area contributed by atoms with Crippen molar-refractivity contribution in [3.8, 4) is 0 Å². The predicted molar refractivity (Wildman–Crippen MR) is 73.1 cm³/mol. The first-order valence-electron chi connectivity index (χ1n) is 5.74. The zero-order valence-corrected chi connectivity index (χ0v) is 11.4. The van der Waals surface area contributed by atoms with Gasteiger partial charge in [-0.3, -0.25) is 0 Å². The molecule has 16 heavy (non-hydrogen) atoms. The Morgan fingerprint density at radius 1 is 1.25 bits per heavy atom. The Balaban J connectivity index is 3.24. The van der Waals surface area contributed by atoms with Gasteiger partial charge in [0.2, 0.25) is 0 Å². The number of anilines is 1. The van der Waals surface area contributed by atoms with Crippen LogP contribution in [-0.4, -0.2) is 7.05 Å². The van der Waals surface area contributed by atoms with Crippen LogP contribution in [0.4, 0.5) is 5.69 Å². The lowest BCUT2D eigenvalue weighted by molar-refractivity contribution is 0.590. The van der Waals surface area contributed by atoms with Crippen LogP contribution >= 0.6 is 0 Å². The summed E-state index contributed by atoms with van der Waals surface area (Å²) in [7, 11) is 2.07. The average Bonchev–Trinajstić information content (AvgIpc) is 2.15. The van der Waals surface area contributed by atoms with Crippen LogP contribution in [0.15, 0.2) is 30.5 Å². The van der Waals surface area contributed by atoms with Crippen molar-refractivity contribution in [1.82, 2.24) is 0 Å². The van der Waals surface area contributed by atoms with Crippen LogP contribution in [0.1, 0.15) is 38.8 Å². The van der Waals surface area contributed by atoms with Crippen molar-refractivity contribution >= 4 is 5.69 Å². The minimum absolute atomic E-state index is 0.193. The van der Waals surface area contributed by atoms with Crippen LogP contribution in [0.2, 0.25) is 0 Å². The lowest BCUT2D eigenvalue weighted by atomic mass is 9.86. The molecule has 0 bridgehead atoms. The summed E-state index contributed by atoms with van der Waals surface area (Å²) in [6.07, 6.45) is 0. The third kappa shape index (κ3) is 2.66. The van der Waals surface area contributed by atoms with Crippen molar-refractivity contribution in [3.63, 3.8) is 0 Å². The number of nitrogens with zero attached hydrogens (tertiary/aromatic N) is 1. The molecule has 0 aliphatic carbocycles. The number of allylic oxidation sites excluding steroid dienone is 1. The summed E-state index contributed by atoms with van der Waals surface area (Å²) >= 11 is 0. The maximum absolute atomic E-state index is 3.99. The first-order valence-corrected chi connectivity index (χ1v) is 5.74. The molecule has 1 aromatic rings. The van der Waals surface area contributed by atoms with E-state index in [0.717, 1.165) is 5.70 Å². The third-order valence-electron chi connectivity index (χ3n) is 3.01. The molecule has 0 atom stereocenters. The lowest BCUT2D eigenvalue weighted by Crippen LogP contribution is -2.17. The SMILES string of the molecule is C=C(C)N(C)c1cc(C(C)(C)C)ccc1C. The molecule has 0 N–H and O–H groups in total. The Morgan fingerprint density at radius 2 is 1.81 bits per heavy atom. The minimum Gasteiger partial charge on any atom is -0.349 e. The molecule has 1 aromatic carbocycles. The third-order valence-corrected chi connectivity index (χ3v) is 3.01. The van der Waals surface area contributed by atoms with Gasteiger partial charge >= 0.3 is 0 Å². The van der Waals surface area contributed by atoms with Gasteiger partial charge in [-0.05, 0) is 36.5 Å². The molecule has 0 heterocycles. The molecule has 0 aliphatic heterocycles. The van der Waals surface area contributed by atoms with E-state index in [1.165, 1.54) is 16.8 Å². The fourth-order valence-electron chi connectivity index (χ4n) is 1.64. The Morgan fingerprint density at radius 3 is 2.25 bits per heavy atom. The van der Waals surface area contributed by atoms with Gasteiger partial charge in [-0.2, -0.15) is 0 Å². The van der Waals surface area contributed by atoms with E-state index in [9.17, 15) is 0 Å². The Labute approximate surface area is 99.8 Å². The van der Waals surface area contributed by atoms with Gasteiger partial charge in [-0.25, -0.2) is 0 Å². The molecule has 0 spiro atoms. The average molecular weight is 217 g/mol.